The first-order chi connectivity index (χ1) is 9.65. The molecule has 1 fully saturated rings. The molecule has 1 saturated heterocycles. The van der Waals surface area contributed by atoms with Crippen molar-refractivity contribution >= 4 is 11.9 Å². The van der Waals surface area contributed by atoms with E-state index in [0.29, 0.717) is 26.1 Å². The second kappa shape index (κ2) is 6.52. The Morgan fingerprint density at radius 2 is 1.85 bits per heavy atom. The van der Waals surface area contributed by atoms with Gasteiger partial charge in [0, 0.05) is 19.8 Å². The van der Waals surface area contributed by atoms with Crippen molar-refractivity contribution in [3.8, 4) is 0 Å². The lowest BCUT2D eigenvalue weighted by Crippen LogP contribution is -2.48. The van der Waals surface area contributed by atoms with Crippen molar-refractivity contribution in [2.45, 2.75) is 24.7 Å². The number of carboxylic acid groups (broad SMARTS) is 1. The number of carbonyl (C=O) groups excluding carboxylic acids is 1. The molecule has 0 spiro atoms. The van der Waals surface area contributed by atoms with Gasteiger partial charge in [-0.1, -0.05) is 30.3 Å². The molecular weight excluding hydrogens is 258 g/mol. The number of hydrogen-bond acceptors (Lipinski definition) is 3. The number of aliphatic carboxylic acids is 1. The summed E-state index contributed by atoms with van der Waals surface area (Å²) in [6.07, 6.45) is 1.18. The van der Waals surface area contributed by atoms with Gasteiger partial charge in [-0.2, -0.15) is 0 Å². The van der Waals surface area contributed by atoms with Crippen LogP contribution in [0.3, 0.4) is 0 Å². The first-order valence-corrected chi connectivity index (χ1v) is 6.78. The molecule has 5 heteroatoms. The van der Waals surface area contributed by atoms with Gasteiger partial charge in [0.25, 0.3) is 0 Å². The molecule has 1 aliphatic rings. The molecule has 0 unspecified atom stereocenters. The van der Waals surface area contributed by atoms with Crippen molar-refractivity contribution in [2.24, 2.45) is 0 Å². The summed E-state index contributed by atoms with van der Waals surface area (Å²) in [6, 6.07) is 9.64. The van der Waals surface area contributed by atoms with E-state index in [4.69, 9.17) is 9.84 Å². The number of rotatable bonds is 5. The van der Waals surface area contributed by atoms with Gasteiger partial charge in [0.15, 0.2) is 0 Å². The van der Waals surface area contributed by atoms with Gasteiger partial charge in [-0.3, -0.25) is 9.59 Å². The standard InChI is InChI=1S/C15H19NO4/c17-13(18)6-9-16-14(19)15(7-10-20-11-8-15)12-4-2-1-3-5-12/h1-5H,6-11H2,(H,16,19)(H,17,18). The van der Waals surface area contributed by atoms with Crippen molar-refractivity contribution in [3.05, 3.63) is 35.9 Å². The van der Waals surface area contributed by atoms with E-state index in [1.165, 1.54) is 0 Å². The van der Waals surface area contributed by atoms with Crippen LogP contribution in [0.2, 0.25) is 0 Å². The Hall–Kier alpha value is -1.88. The third kappa shape index (κ3) is 3.17. The van der Waals surface area contributed by atoms with Crippen LogP contribution in [0.25, 0.3) is 0 Å². The molecule has 2 rings (SSSR count). The summed E-state index contributed by atoms with van der Waals surface area (Å²) in [6.45, 7) is 1.24. The average Bonchev–Trinajstić information content (AvgIpc) is 2.48. The zero-order valence-electron chi connectivity index (χ0n) is 11.3. The number of benzene rings is 1. The molecule has 1 aliphatic heterocycles. The molecule has 108 valence electrons. The number of ether oxygens (including phenoxy) is 1. The van der Waals surface area contributed by atoms with Crippen LogP contribution in [0.1, 0.15) is 24.8 Å². The van der Waals surface area contributed by atoms with E-state index in [1.54, 1.807) is 0 Å². The van der Waals surface area contributed by atoms with E-state index in [0.717, 1.165) is 5.56 Å². The smallest absolute Gasteiger partial charge is 0.305 e. The monoisotopic (exact) mass is 277 g/mol. The van der Waals surface area contributed by atoms with Crippen LogP contribution in [0, 0.1) is 0 Å². The molecule has 5 nitrogen and oxygen atoms in total. The molecule has 20 heavy (non-hydrogen) atoms. The van der Waals surface area contributed by atoms with Crippen molar-refractivity contribution in [3.63, 3.8) is 0 Å². The van der Waals surface area contributed by atoms with E-state index in [2.05, 4.69) is 5.32 Å². The Morgan fingerprint density at radius 1 is 1.20 bits per heavy atom. The molecule has 0 saturated carbocycles. The summed E-state index contributed by atoms with van der Waals surface area (Å²) in [5.41, 5.74) is 0.369. The molecule has 1 aromatic rings. The van der Waals surface area contributed by atoms with E-state index >= 15 is 0 Å². The van der Waals surface area contributed by atoms with Crippen molar-refractivity contribution in [2.75, 3.05) is 19.8 Å². The molecule has 0 radical (unpaired) electrons. The summed E-state index contributed by atoms with van der Waals surface area (Å²) in [5.74, 6) is -1.01. The number of amides is 1. The highest BCUT2D eigenvalue weighted by molar-refractivity contribution is 5.88. The highest BCUT2D eigenvalue weighted by atomic mass is 16.5. The number of hydrogen-bond donors (Lipinski definition) is 2. The van der Waals surface area contributed by atoms with Crippen molar-refractivity contribution in [1.29, 1.82) is 0 Å². The summed E-state index contributed by atoms with van der Waals surface area (Å²) >= 11 is 0. The Labute approximate surface area is 117 Å². The van der Waals surface area contributed by atoms with Crippen LogP contribution in [0.15, 0.2) is 30.3 Å². The van der Waals surface area contributed by atoms with Gasteiger partial charge >= 0.3 is 5.97 Å². The zero-order valence-corrected chi connectivity index (χ0v) is 11.3. The first kappa shape index (κ1) is 14.5. The van der Waals surface area contributed by atoms with Gasteiger partial charge in [0.2, 0.25) is 5.91 Å². The topological polar surface area (TPSA) is 75.6 Å². The second-order valence-corrected chi connectivity index (χ2v) is 4.96. The van der Waals surface area contributed by atoms with Crippen LogP contribution in [-0.2, 0) is 19.7 Å². The molecular formula is C15H19NO4. The number of carboxylic acids is 1. The summed E-state index contributed by atoms with van der Waals surface area (Å²) < 4.78 is 5.36. The summed E-state index contributed by atoms with van der Waals surface area (Å²) in [5, 5.41) is 11.4. The predicted molar refractivity (Wildman–Crippen MR) is 73.4 cm³/mol. The molecule has 1 aromatic carbocycles. The number of carbonyl (C=O) groups is 2. The molecule has 0 bridgehead atoms. The quantitative estimate of drug-likeness (QED) is 0.851. The van der Waals surface area contributed by atoms with E-state index in [9.17, 15) is 9.59 Å². The Kier molecular flexibility index (Phi) is 4.74. The second-order valence-electron chi connectivity index (χ2n) is 4.96. The van der Waals surface area contributed by atoms with E-state index in [-0.39, 0.29) is 18.9 Å². The largest absolute Gasteiger partial charge is 0.481 e. The maximum absolute atomic E-state index is 12.5. The maximum Gasteiger partial charge on any atom is 0.305 e. The maximum atomic E-state index is 12.5. The Bertz CT molecular complexity index is 466. The average molecular weight is 277 g/mol. The van der Waals surface area contributed by atoms with Crippen LogP contribution in [-0.4, -0.2) is 36.7 Å². The normalized spacial score (nSPS) is 17.4. The summed E-state index contributed by atoms with van der Waals surface area (Å²) in [7, 11) is 0. The van der Waals surface area contributed by atoms with Crippen LogP contribution in [0.4, 0.5) is 0 Å². The third-order valence-electron chi connectivity index (χ3n) is 3.73. The fourth-order valence-corrected chi connectivity index (χ4v) is 2.58. The fourth-order valence-electron chi connectivity index (χ4n) is 2.58. The Balaban J connectivity index is 2.15. The molecule has 2 N–H and O–H groups in total. The van der Waals surface area contributed by atoms with Gasteiger partial charge in [0.05, 0.1) is 11.8 Å². The highest BCUT2D eigenvalue weighted by Crippen LogP contribution is 2.35. The van der Waals surface area contributed by atoms with Gasteiger partial charge in [-0.05, 0) is 18.4 Å². The highest BCUT2D eigenvalue weighted by Gasteiger charge is 2.41. The van der Waals surface area contributed by atoms with Crippen LogP contribution < -0.4 is 5.32 Å². The lowest BCUT2D eigenvalue weighted by atomic mass is 9.73. The minimum Gasteiger partial charge on any atom is -0.481 e. The van der Waals surface area contributed by atoms with Crippen LogP contribution >= 0.6 is 0 Å². The zero-order chi connectivity index (χ0) is 14.4. The minimum atomic E-state index is -0.911. The van der Waals surface area contributed by atoms with Gasteiger partial charge in [0.1, 0.15) is 0 Å². The van der Waals surface area contributed by atoms with Crippen molar-refractivity contribution in [1.82, 2.24) is 5.32 Å². The predicted octanol–water partition coefficient (Wildman–Crippen LogP) is 1.33. The Morgan fingerprint density at radius 3 is 2.45 bits per heavy atom. The minimum absolute atomic E-state index is 0.0624. The summed E-state index contributed by atoms with van der Waals surface area (Å²) in [4.78, 5) is 23.1. The van der Waals surface area contributed by atoms with E-state index in [1.807, 2.05) is 30.3 Å². The molecule has 1 amide bonds. The SMILES string of the molecule is O=C(O)CCNC(=O)C1(c2ccccc2)CCOCC1. The lowest BCUT2D eigenvalue weighted by Gasteiger charge is -2.36. The fraction of sp³-hybridized carbons (Fsp3) is 0.467. The first-order valence-electron chi connectivity index (χ1n) is 6.78. The van der Waals surface area contributed by atoms with Crippen LogP contribution in [0.5, 0.6) is 0 Å². The number of nitrogens with one attached hydrogen (secondary N) is 1. The third-order valence-corrected chi connectivity index (χ3v) is 3.73. The van der Waals surface area contributed by atoms with Gasteiger partial charge in [-0.25, -0.2) is 0 Å². The molecule has 1 heterocycles. The van der Waals surface area contributed by atoms with E-state index < -0.39 is 11.4 Å². The lowest BCUT2D eigenvalue weighted by molar-refractivity contribution is -0.137. The molecule has 0 aliphatic carbocycles. The van der Waals surface area contributed by atoms with Crippen molar-refractivity contribution < 1.29 is 19.4 Å². The molecule has 0 atom stereocenters. The molecule has 0 aromatic heterocycles. The van der Waals surface area contributed by atoms with Gasteiger partial charge < -0.3 is 15.2 Å². The van der Waals surface area contributed by atoms with Gasteiger partial charge in [-0.15, -0.1) is 0 Å².